The van der Waals surface area contributed by atoms with Gasteiger partial charge in [-0.25, -0.2) is 0 Å². The first-order valence-electron chi connectivity index (χ1n) is 5.17. The van der Waals surface area contributed by atoms with E-state index < -0.39 is 0 Å². The van der Waals surface area contributed by atoms with Crippen molar-refractivity contribution >= 4 is 0 Å². The Hall–Kier alpha value is -0.120. The van der Waals surface area contributed by atoms with Crippen molar-refractivity contribution in [3.63, 3.8) is 0 Å². The van der Waals surface area contributed by atoms with Gasteiger partial charge in [-0.3, -0.25) is 0 Å². The van der Waals surface area contributed by atoms with Gasteiger partial charge < -0.3 is 14.6 Å². The van der Waals surface area contributed by atoms with E-state index in [4.69, 9.17) is 9.47 Å². The largest absolute Gasteiger partial charge is 0.396 e. The van der Waals surface area contributed by atoms with Crippen molar-refractivity contribution in [1.82, 2.24) is 0 Å². The molecule has 1 heterocycles. The van der Waals surface area contributed by atoms with E-state index in [9.17, 15) is 5.11 Å². The zero-order valence-electron chi connectivity index (χ0n) is 8.11. The average Bonchev–Trinajstić information content (AvgIpc) is 2.19. The second-order valence-corrected chi connectivity index (χ2v) is 4.17. The zero-order valence-corrected chi connectivity index (χ0v) is 8.11. The van der Waals surface area contributed by atoms with E-state index in [-0.39, 0.29) is 18.8 Å². The Kier molecular flexibility index (Phi) is 2.86. The first-order chi connectivity index (χ1) is 6.33. The van der Waals surface area contributed by atoms with Crippen molar-refractivity contribution in [2.24, 2.45) is 11.8 Å². The summed E-state index contributed by atoms with van der Waals surface area (Å²) in [7, 11) is 0. The molecule has 2 aliphatic rings. The SMILES string of the molecule is CC1CCC(CO)C2OCCOC12. The van der Waals surface area contributed by atoms with Crippen LogP contribution in [-0.2, 0) is 9.47 Å². The summed E-state index contributed by atoms with van der Waals surface area (Å²) in [5, 5.41) is 9.18. The van der Waals surface area contributed by atoms with Gasteiger partial charge in [0.1, 0.15) is 0 Å². The molecule has 1 saturated carbocycles. The van der Waals surface area contributed by atoms with Crippen molar-refractivity contribution in [2.45, 2.75) is 32.0 Å². The van der Waals surface area contributed by atoms with E-state index in [0.717, 1.165) is 12.8 Å². The van der Waals surface area contributed by atoms with E-state index in [1.807, 2.05) is 0 Å². The van der Waals surface area contributed by atoms with Crippen LogP contribution in [0.15, 0.2) is 0 Å². The maximum atomic E-state index is 9.18. The second kappa shape index (κ2) is 3.95. The topological polar surface area (TPSA) is 38.7 Å². The Labute approximate surface area is 79.0 Å². The normalized spacial score (nSPS) is 45.7. The predicted octanol–water partition coefficient (Wildman–Crippen LogP) is 0.809. The van der Waals surface area contributed by atoms with E-state index in [1.54, 1.807) is 0 Å². The highest BCUT2D eigenvalue weighted by Gasteiger charge is 2.40. The molecule has 4 unspecified atom stereocenters. The third-order valence-corrected chi connectivity index (χ3v) is 3.28. The van der Waals surface area contributed by atoms with Crippen LogP contribution >= 0.6 is 0 Å². The van der Waals surface area contributed by atoms with Crippen molar-refractivity contribution in [2.75, 3.05) is 19.8 Å². The van der Waals surface area contributed by atoms with Gasteiger partial charge in [0.2, 0.25) is 0 Å². The highest BCUT2D eigenvalue weighted by molar-refractivity contribution is 4.89. The number of hydrogen-bond donors (Lipinski definition) is 1. The lowest BCUT2D eigenvalue weighted by atomic mass is 9.78. The fourth-order valence-electron chi connectivity index (χ4n) is 2.45. The van der Waals surface area contributed by atoms with Crippen LogP contribution in [0.1, 0.15) is 19.8 Å². The van der Waals surface area contributed by atoms with Gasteiger partial charge in [-0.2, -0.15) is 0 Å². The lowest BCUT2D eigenvalue weighted by molar-refractivity contribution is -0.195. The van der Waals surface area contributed by atoms with Crippen LogP contribution in [-0.4, -0.2) is 37.1 Å². The van der Waals surface area contributed by atoms with Crippen LogP contribution in [0, 0.1) is 11.8 Å². The third kappa shape index (κ3) is 1.73. The summed E-state index contributed by atoms with van der Waals surface area (Å²) in [6.07, 6.45) is 2.58. The standard InChI is InChI=1S/C10H18O3/c1-7-2-3-8(6-11)10-9(7)12-4-5-13-10/h7-11H,2-6H2,1H3. The third-order valence-electron chi connectivity index (χ3n) is 3.28. The van der Waals surface area contributed by atoms with Gasteiger partial charge in [-0.15, -0.1) is 0 Å². The molecule has 2 rings (SSSR count). The summed E-state index contributed by atoms with van der Waals surface area (Å²) in [5.41, 5.74) is 0. The summed E-state index contributed by atoms with van der Waals surface area (Å²) in [6.45, 7) is 3.84. The van der Waals surface area contributed by atoms with Gasteiger partial charge in [0.05, 0.1) is 25.4 Å². The molecule has 3 nitrogen and oxygen atoms in total. The summed E-state index contributed by atoms with van der Waals surface area (Å²) >= 11 is 0. The minimum atomic E-state index is 0.141. The maximum Gasteiger partial charge on any atom is 0.0890 e. The van der Waals surface area contributed by atoms with Crippen molar-refractivity contribution in [3.05, 3.63) is 0 Å². The molecule has 0 aromatic carbocycles. The number of aliphatic hydroxyl groups excluding tert-OH is 1. The Morgan fingerprint density at radius 1 is 1.15 bits per heavy atom. The Balaban J connectivity index is 2.05. The van der Waals surface area contributed by atoms with Crippen LogP contribution in [0.3, 0.4) is 0 Å². The van der Waals surface area contributed by atoms with E-state index in [2.05, 4.69) is 6.92 Å². The lowest BCUT2D eigenvalue weighted by Gasteiger charge is -2.43. The molecular weight excluding hydrogens is 168 g/mol. The molecule has 0 bridgehead atoms. The van der Waals surface area contributed by atoms with Crippen molar-refractivity contribution in [1.29, 1.82) is 0 Å². The summed E-state index contributed by atoms with van der Waals surface area (Å²) in [6, 6.07) is 0. The molecule has 4 atom stereocenters. The monoisotopic (exact) mass is 186 g/mol. The quantitative estimate of drug-likeness (QED) is 0.658. The fraction of sp³-hybridized carbons (Fsp3) is 1.00. The van der Waals surface area contributed by atoms with Crippen LogP contribution in [0.5, 0.6) is 0 Å². The Bertz CT molecular complexity index is 172. The highest BCUT2D eigenvalue weighted by Crippen LogP contribution is 2.34. The van der Waals surface area contributed by atoms with Crippen LogP contribution < -0.4 is 0 Å². The first-order valence-corrected chi connectivity index (χ1v) is 5.17. The molecule has 1 aliphatic heterocycles. The minimum absolute atomic E-state index is 0.141. The molecule has 1 aliphatic carbocycles. The van der Waals surface area contributed by atoms with E-state index in [1.165, 1.54) is 0 Å². The predicted molar refractivity (Wildman–Crippen MR) is 48.5 cm³/mol. The summed E-state index contributed by atoms with van der Waals surface area (Å²) < 4.78 is 11.4. The molecule has 3 heteroatoms. The van der Waals surface area contributed by atoms with Crippen molar-refractivity contribution < 1.29 is 14.6 Å². The van der Waals surface area contributed by atoms with Crippen LogP contribution in [0.2, 0.25) is 0 Å². The Morgan fingerprint density at radius 2 is 1.85 bits per heavy atom. The number of ether oxygens (including phenoxy) is 2. The highest BCUT2D eigenvalue weighted by atomic mass is 16.6. The molecule has 1 saturated heterocycles. The molecular formula is C10H18O3. The number of fused-ring (bicyclic) bond motifs is 1. The Morgan fingerprint density at radius 3 is 2.54 bits per heavy atom. The fourth-order valence-corrected chi connectivity index (χ4v) is 2.45. The van der Waals surface area contributed by atoms with E-state index >= 15 is 0 Å². The molecule has 0 amide bonds. The number of rotatable bonds is 1. The number of hydrogen-bond acceptors (Lipinski definition) is 3. The molecule has 0 spiro atoms. The maximum absolute atomic E-state index is 9.18. The average molecular weight is 186 g/mol. The van der Waals surface area contributed by atoms with Crippen molar-refractivity contribution in [3.8, 4) is 0 Å². The van der Waals surface area contributed by atoms with E-state index in [0.29, 0.717) is 25.0 Å². The second-order valence-electron chi connectivity index (χ2n) is 4.17. The number of aliphatic hydroxyl groups is 1. The molecule has 0 radical (unpaired) electrons. The van der Waals surface area contributed by atoms with Gasteiger partial charge in [0.15, 0.2) is 0 Å². The first kappa shape index (κ1) is 9.44. The zero-order chi connectivity index (χ0) is 9.26. The minimum Gasteiger partial charge on any atom is -0.396 e. The van der Waals surface area contributed by atoms with Crippen LogP contribution in [0.25, 0.3) is 0 Å². The molecule has 2 fully saturated rings. The van der Waals surface area contributed by atoms with Gasteiger partial charge in [-0.1, -0.05) is 6.92 Å². The van der Waals surface area contributed by atoms with Gasteiger partial charge in [0.25, 0.3) is 0 Å². The summed E-state index contributed by atoms with van der Waals surface area (Å²) in [4.78, 5) is 0. The van der Waals surface area contributed by atoms with Crippen LogP contribution in [0.4, 0.5) is 0 Å². The molecule has 1 N–H and O–H groups in total. The van der Waals surface area contributed by atoms with Gasteiger partial charge in [0, 0.05) is 12.5 Å². The lowest BCUT2D eigenvalue weighted by Crippen LogP contribution is -2.50. The molecule has 76 valence electrons. The molecule has 13 heavy (non-hydrogen) atoms. The smallest absolute Gasteiger partial charge is 0.0890 e. The molecule has 0 aromatic rings. The van der Waals surface area contributed by atoms with Gasteiger partial charge in [-0.05, 0) is 18.8 Å². The summed E-state index contributed by atoms with van der Waals surface area (Å²) in [5.74, 6) is 0.870. The molecule has 0 aromatic heterocycles. The van der Waals surface area contributed by atoms with Gasteiger partial charge >= 0.3 is 0 Å².